The van der Waals surface area contributed by atoms with Crippen molar-refractivity contribution in [2.45, 2.75) is 44.9 Å². The van der Waals surface area contributed by atoms with E-state index in [1.807, 2.05) is 0 Å². The second kappa shape index (κ2) is 3.00. The first-order chi connectivity index (χ1) is 5.68. The summed E-state index contributed by atoms with van der Waals surface area (Å²) >= 11 is 0. The first-order valence-electron chi connectivity index (χ1n) is 5.02. The highest BCUT2D eigenvalue weighted by Crippen LogP contribution is 2.46. The number of ether oxygens (including phenoxy) is 1. The molecule has 2 heteroatoms. The van der Waals surface area contributed by atoms with Crippen LogP contribution in [-0.2, 0) is 4.74 Å². The lowest BCUT2D eigenvalue weighted by molar-refractivity contribution is 0.0371. The maximum absolute atomic E-state index is 5.62. The Morgan fingerprint density at radius 3 is 2.67 bits per heavy atom. The van der Waals surface area contributed by atoms with Crippen LogP contribution in [0.5, 0.6) is 0 Å². The fourth-order valence-corrected chi connectivity index (χ4v) is 2.26. The zero-order valence-corrected chi connectivity index (χ0v) is 8.29. The summed E-state index contributed by atoms with van der Waals surface area (Å²) in [7, 11) is 2.24. The van der Waals surface area contributed by atoms with Gasteiger partial charge in [-0.1, -0.05) is 0 Å². The van der Waals surface area contributed by atoms with E-state index >= 15 is 0 Å². The van der Waals surface area contributed by atoms with Crippen molar-refractivity contribution < 1.29 is 4.74 Å². The molecular formula is C10H19NO. The summed E-state index contributed by atoms with van der Waals surface area (Å²) in [6, 6.07) is 1.61. The molecule has 0 unspecified atom stereocenters. The number of likely N-dealkylation sites (tertiary alicyclic amines) is 1. The molecule has 0 aromatic heterocycles. The van der Waals surface area contributed by atoms with Gasteiger partial charge in [0.25, 0.3) is 0 Å². The smallest absolute Gasteiger partial charge is 0.0625 e. The van der Waals surface area contributed by atoms with Crippen molar-refractivity contribution in [1.82, 2.24) is 4.90 Å². The summed E-state index contributed by atoms with van der Waals surface area (Å²) in [5.41, 5.74) is 0. The molecule has 0 N–H and O–H groups in total. The van der Waals surface area contributed by atoms with E-state index in [1.54, 1.807) is 0 Å². The van der Waals surface area contributed by atoms with Gasteiger partial charge in [-0.15, -0.1) is 0 Å². The third-order valence-corrected chi connectivity index (χ3v) is 3.18. The highest BCUT2D eigenvalue weighted by atomic mass is 16.5. The van der Waals surface area contributed by atoms with E-state index in [0.717, 1.165) is 18.6 Å². The van der Waals surface area contributed by atoms with Gasteiger partial charge in [-0.3, -0.25) is 4.90 Å². The summed E-state index contributed by atoms with van der Waals surface area (Å²) in [4.78, 5) is 2.51. The molecule has 1 heterocycles. The molecule has 1 aliphatic carbocycles. The zero-order chi connectivity index (χ0) is 8.72. The van der Waals surface area contributed by atoms with Crippen molar-refractivity contribution in [3.63, 3.8) is 0 Å². The van der Waals surface area contributed by atoms with Crippen molar-refractivity contribution in [2.75, 3.05) is 13.7 Å². The number of hydrogen-bond donors (Lipinski definition) is 0. The maximum Gasteiger partial charge on any atom is 0.0625 e. The summed E-state index contributed by atoms with van der Waals surface area (Å²) in [5.74, 6) is 1.01. The Morgan fingerprint density at radius 2 is 2.17 bits per heavy atom. The second-order valence-electron chi connectivity index (χ2n) is 4.50. The second-order valence-corrected chi connectivity index (χ2v) is 4.50. The van der Waals surface area contributed by atoms with Crippen LogP contribution in [0, 0.1) is 5.92 Å². The minimum Gasteiger partial charge on any atom is -0.377 e. The number of piperidine rings is 1. The Kier molecular flexibility index (Phi) is 2.13. The Balaban J connectivity index is 1.75. The average molecular weight is 169 g/mol. The molecule has 1 aliphatic heterocycles. The lowest BCUT2D eigenvalue weighted by Crippen LogP contribution is -2.33. The first kappa shape index (κ1) is 8.52. The van der Waals surface area contributed by atoms with Gasteiger partial charge in [0.1, 0.15) is 0 Å². The number of nitrogens with zero attached hydrogens (tertiary/aromatic N) is 1. The molecule has 0 radical (unpaired) electrons. The molecule has 0 aromatic carbocycles. The largest absolute Gasteiger partial charge is 0.377 e. The van der Waals surface area contributed by atoms with Crippen molar-refractivity contribution in [3.05, 3.63) is 0 Å². The average Bonchev–Trinajstić information content (AvgIpc) is 2.70. The minimum atomic E-state index is 0.385. The first-order valence-corrected chi connectivity index (χ1v) is 5.02. The van der Waals surface area contributed by atoms with E-state index in [2.05, 4.69) is 25.8 Å². The molecule has 1 saturated heterocycles. The van der Waals surface area contributed by atoms with E-state index in [4.69, 9.17) is 4.74 Å². The molecule has 0 amide bonds. The van der Waals surface area contributed by atoms with Gasteiger partial charge in [-0.05, 0) is 39.7 Å². The molecule has 3 atom stereocenters. The summed E-state index contributed by atoms with van der Waals surface area (Å²) < 4.78 is 5.62. The van der Waals surface area contributed by atoms with E-state index in [0.29, 0.717) is 12.1 Å². The van der Waals surface area contributed by atoms with E-state index < -0.39 is 0 Å². The monoisotopic (exact) mass is 169 g/mol. The van der Waals surface area contributed by atoms with Crippen LogP contribution in [0.2, 0.25) is 0 Å². The van der Waals surface area contributed by atoms with Crippen molar-refractivity contribution >= 4 is 0 Å². The van der Waals surface area contributed by atoms with Gasteiger partial charge in [0, 0.05) is 12.1 Å². The molecule has 0 aromatic rings. The number of likely N-dealkylation sites (N-methyl/N-ethyl adjacent to an activating group) is 1. The summed E-state index contributed by atoms with van der Waals surface area (Å²) in [5, 5.41) is 0. The van der Waals surface area contributed by atoms with E-state index in [9.17, 15) is 0 Å². The van der Waals surface area contributed by atoms with Crippen LogP contribution < -0.4 is 0 Å². The minimum absolute atomic E-state index is 0.385. The molecule has 2 aliphatic rings. The van der Waals surface area contributed by atoms with Crippen LogP contribution in [0.25, 0.3) is 0 Å². The topological polar surface area (TPSA) is 12.5 Å². The number of fused-ring (bicyclic) bond motifs is 1. The molecule has 0 spiro atoms. The maximum atomic E-state index is 5.62. The molecule has 1 saturated carbocycles. The molecule has 2 rings (SSSR count). The normalized spacial score (nSPS) is 40.5. The Labute approximate surface area is 74.9 Å². The van der Waals surface area contributed by atoms with Crippen molar-refractivity contribution in [1.29, 1.82) is 0 Å². The fourth-order valence-electron chi connectivity index (χ4n) is 2.26. The summed E-state index contributed by atoms with van der Waals surface area (Å²) in [6.07, 6.45) is 3.19. The predicted molar refractivity (Wildman–Crippen MR) is 49.2 cm³/mol. The summed E-state index contributed by atoms with van der Waals surface area (Å²) in [6.45, 7) is 5.15. The van der Waals surface area contributed by atoms with Gasteiger partial charge in [-0.2, -0.15) is 0 Å². The standard InChI is InChI=1S/C10H19NO/c1-7(2)12-6-9-4-8-5-10(8)11(9)3/h7-10H,4-6H2,1-3H3/t8-,9+,10+/m0/s1. The Bertz CT molecular complexity index is 169. The van der Waals surface area contributed by atoms with E-state index in [-0.39, 0.29) is 0 Å². The Morgan fingerprint density at radius 1 is 1.42 bits per heavy atom. The van der Waals surface area contributed by atoms with Crippen LogP contribution in [0.4, 0.5) is 0 Å². The van der Waals surface area contributed by atoms with Crippen LogP contribution in [0.15, 0.2) is 0 Å². The lowest BCUT2D eigenvalue weighted by atomic mass is 10.2. The van der Waals surface area contributed by atoms with Gasteiger partial charge in [0.2, 0.25) is 0 Å². The van der Waals surface area contributed by atoms with Crippen LogP contribution >= 0.6 is 0 Å². The molecule has 2 nitrogen and oxygen atoms in total. The van der Waals surface area contributed by atoms with Gasteiger partial charge >= 0.3 is 0 Å². The third-order valence-electron chi connectivity index (χ3n) is 3.18. The lowest BCUT2D eigenvalue weighted by Gasteiger charge is -2.23. The van der Waals surface area contributed by atoms with Gasteiger partial charge in [0.15, 0.2) is 0 Å². The van der Waals surface area contributed by atoms with Gasteiger partial charge in [-0.25, -0.2) is 0 Å². The highest BCUT2D eigenvalue weighted by Gasteiger charge is 2.49. The zero-order valence-electron chi connectivity index (χ0n) is 8.29. The SMILES string of the molecule is CC(C)OC[C@H]1C[C@H]2C[C@H]2N1C. The molecule has 12 heavy (non-hydrogen) atoms. The van der Waals surface area contributed by atoms with Crippen molar-refractivity contribution in [3.8, 4) is 0 Å². The number of hydrogen-bond acceptors (Lipinski definition) is 2. The van der Waals surface area contributed by atoms with Gasteiger partial charge in [0.05, 0.1) is 12.7 Å². The number of rotatable bonds is 3. The highest BCUT2D eigenvalue weighted by molar-refractivity contribution is 5.04. The predicted octanol–water partition coefficient (Wildman–Crippen LogP) is 1.50. The van der Waals surface area contributed by atoms with Crippen LogP contribution in [0.3, 0.4) is 0 Å². The van der Waals surface area contributed by atoms with Crippen LogP contribution in [0.1, 0.15) is 26.7 Å². The molecule has 0 bridgehead atoms. The van der Waals surface area contributed by atoms with Crippen molar-refractivity contribution in [2.24, 2.45) is 5.92 Å². The molecule has 2 fully saturated rings. The molecular weight excluding hydrogens is 150 g/mol. The van der Waals surface area contributed by atoms with E-state index in [1.165, 1.54) is 12.8 Å². The quantitative estimate of drug-likeness (QED) is 0.635. The molecule has 70 valence electrons. The third kappa shape index (κ3) is 1.50. The van der Waals surface area contributed by atoms with Gasteiger partial charge < -0.3 is 4.74 Å². The fraction of sp³-hybridized carbons (Fsp3) is 1.00. The Hall–Kier alpha value is -0.0800. The van der Waals surface area contributed by atoms with Crippen LogP contribution in [-0.4, -0.2) is 36.7 Å².